The van der Waals surface area contributed by atoms with Crippen molar-refractivity contribution in [3.63, 3.8) is 0 Å². The van der Waals surface area contributed by atoms with Gasteiger partial charge in [-0.1, -0.05) is 24.3 Å². The van der Waals surface area contributed by atoms with Crippen LogP contribution in [0.3, 0.4) is 0 Å². The number of carbonyl (C=O) groups is 2. The van der Waals surface area contributed by atoms with E-state index in [1.54, 1.807) is 25.1 Å². The molecule has 0 bridgehead atoms. The normalized spacial score (nSPS) is 13.9. The first-order chi connectivity index (χ1) is 13.7. The summed E-state index contributed by atoms with van der Waals surface area (Å²) in [7, 11) is 0. The molecule has 1 aliphatic carbocycles. The Morgan fingerprint density at radius 2 is 1.86 bits per heavy atom. The van der Waals surface area contributed by atoms with Crippen molar-refractivity contribution >= 4 is 23.6 Å². The van der Waals surface area contributed by atoms with Crippen molar-refractivity contribution in [2.75, 3.05) is 5.32 Å². The molecule has 152 valence electrons. The van der Waals surface area contributed by atoms with Gasteiger partial charge in [-0.3, -0.25) is 9.59 Å². The predicted octanol–water partition coefficient (Wildman–Crippen LogP) is 4.44. The summed E-state index contributed by atoms with van der Waals surface area (Å²) in [6.07, 6.45) is -0.563. The molecular formula is C21H19F3N2O3. The van der Waals surface area contributed by atoms with E-state index in [0.717, 1.165) is 30.5 Å². The van der Waals surface area contributed by atoms with E-state index >= 15 is 0 Å². The van der Waals surface area contributed by atoms with E-state index in [4.69, 9.17) is 0 Å². The molecule has 1 aliphatic rings. The highest BCUT2D eigenvalue weighted by atomic mass is 19.4. The Morgan fingerprint density at radius 3 is 2.55 bits per heavy atom. The first-order valence-electron chi connectivity index (χ1n) is 8.96. The van der Waals surface area contributed by atoms with Crippen LogP contribution in [-0.2, 0) is 4.79 Å². The molecule has 5 nitrogen and oxygen atoms in total. The number of hydrogen-bond donors (Lipinski definition) is 2. The summed E-state index contributed by atoms with van der Waals surface area (Å²) in [5.74, 6) is -1.16. The van der Waals surface area contributed by atoms with Gasteiger partial charge in [-0.15, -0.1) is 13.2 Å². The van der Waals surface area contributed by atoms with Crippen molar-refractivity contribution in [2.24, 2.45) is 0 Å². The van der Waals surface area contributed by atoms with Crippen LogP contribution in [-0.4, -0.2) is 24.2 Å². The molecular weight excluding hydrogens is 385 g/mol. The summed E-state index contributed by atoms with van der Waals surface area (Å²) in [5, 5.41) is 5.51. The Balaban J connectivity index is 1.70. The van der Waals surface area contributed by atoms with E-state index in [1.165, 1.54) is 24.3 Å². The SMILES string of the molecule is Cc1ccc(C(=O)NC2CC2)cc1NC(=O)/C=C/c1ccccc1OC(F)(F)F. The average molecular weight is 404 g/mol. The molecule has 0 aliphatic heterocycles. The van der Waals surface area contributed by atoms with E-state index in [9.17, 15) is 22.8 Å². The van der Waals surface area contributed by atoms with E-state index in [0.29, 0.717) is 11.3 Å². The van der Waals surface area contributed by atoms with Gasteiger partial charge >= 0.3 is 6.36 Å². The van der Waals surface area contributed by atoms with Crippen LogP contribution in [0, 0.1) is 6.92 Å². The molecule has 0 atom stereocenters. The zero-order valence-corrected chi connectivity index (χ0v) is 15.5. The first-order valence-corrected chi connectivity index (χ1v) is 8.96. The fourth-order valence-corrected chi connectivity index (χ4v) is 2.57. The van der Waals surface area contributed by atoms with Gasteiger partial charge in [-0.25, -0.2) is 0 Å². The molecule has 29 heavy (non-hydrogen) atoms. The van der Waals surface area contributed by atoms with Crippen molar-refractivity contribution < 1.29 is 27.5 Å². The molecule has 2 N–H and O–H groups in total. The summed E-state index contributed by atoms with van der Waals surface area (Å²) < 4.78 is 41.4. The third kappa shape index (κ3) is 6.10. The molecule has 1 saturated carbocycles. The Kier molecular flexibility index (Phi) is 5.91. The second-order valence-corrected chi connectivity index (χ2v) is 6.69. The Hall–Kier alpha value is -3.29. The maximum absolute atomic E-state index is 12.5. The largest absolute Gasteiger partial charge is 0.573 e. The van der Waals surface area contributed by atoms with E-state index in [2.05, 4.69) is 15.4 Å². The molecule has 0 saturated heterocycles. The molecule has 2 aromatic carbocycles. The fourth-order valence-electron chi connectivity index (χ4n) is 2.57. The summed E-state index contributed by atoms with van der Waals surface area (Å²) in [4.78, 5) is 24.4. The lowest BCUT2D eigenvalue weighted by Gasteiger charge is -2.11. The highest BCUT2D eigenvalue weighted by Gasteiger charge is 2.31. The average Bonchev–Trinajstić information content (AvgIpc) is 3.45. The zero-order valence-electron chi connectivity index (χ0n) is 15.5. The molecule has 2 amide bonds. The minimum absolute atomic E-state index is 0.106. The van der Waals surface area contributed by atoms with E-state index < -0.39 is 18.0 Å². The predicted molar refractivity (Wildman–Crippen MR) is 102 cm³/mol. The second-order valence-electron chi connectivity index (χ2n) is 6.69. The standard InChI is InChI=1S/C21H19F3N2O3/c1-13-6-7-15(20(28)25-16-9-10-16)12-17(13)26-19(27)11-8-14-4-2-3-5-18(14)29-21(22,23)24/h2-8,11-12,16H,9-10H2,1H3,(H,25,28)(H,26,27)/b11-8+. The van der Waals surface area contributed by atoms with Crippen LogP contribution in [0.15, 0.2) is 48.5 Å². The molecule has 0 heterocycles. The molecule has 8 heteroatoms. The van der Waals surface area contributed by atoms with E-state index in [-0.39, 0.29) is 17.5 Å². The second kappa shape index (κ2) is 8.38. The van der Waals surface area contributed by atoms with Crippen molar-refractivity contribution in [1.29, 1.82) is 0 Å². The van der Waals surface area contributed by atoms with Gasteiger partial charge in [-0.2, -0.15) is 0 Å². The third-order valence-electron chi connectivity index (χ3n) is 4.23. The van der Waals surface area contributed by atoms with Gasteiger partial charge in [0.05, 0.1) is 0 Å². The van der Waals surface area contributed by atoms with Gasteiger partial charge in [0.1, 0.15) is 5.75 Å². The Morgan fingerprint density at radius 1 is 1.14 bits per heavy atom. The number of para-hydroxylation sites is 1. The molecule has 0 aromatic heterocycles. The number of benzene rings is 2. The van der Waals surface area contributed by atoms with Crippen molar-refractivity contribution in [3.8, 4) is 5.75 Å². The minimum Gasteiger partial charge on any atom is -0.405 e. The summed E-state index contributed by atoms with van der Waals surface area (Å²) in [5.41, 5.74) is 1.72. The molecule has 0 spiro atoms. The molecule has 0 unspecified atom stereocenters. The van der Waals surface area contributed by atoms with Gasteiger partial charge in [0.2, 0.25) is 5.91 Å². The number of rotatable bonds is 6. The van der Waals surface area contributed by atoms with Crippen LogP contribution in [0.25, 0.3) is 6.08 Å². The monoisotopic (exact) mass is 404 g/mol. The molecule has 3 rings (SSSR count). The summed E-state index contributed by atoms with van der Waals surface area (Å²) in [6.45, 7) is 1.77. The summed E-state index contributed by atoms with van der Waals surface area (Å²) >= 11 is 0. The maximum atomic E-state index is 12.5. The Labute approximate surface area is 165 Å². The highest BCUT2D eigenvalue weighted by Crippen LogP contribution is 2.27. The maximum Gasteiger partial charge on any atom is 0.573 e. The van der Waals surface area contributed by atoms with Crippen molar-refractivity contribution in [2.45, 2.75) is 32.2 Å². The number of aryl methyl sites for hydroxylation is 1. The minimum atomic E-state index is -4.83. The van der Waals surface area contributed by atoms with Crippen LogP contribution in [0.5, 0.6) is 5.75 Å². The van der Waals surface area contributed by atoms with Crippen LogP contribution in [0.1, 0.15) is 34.3 Å². The van der Waals surface area contributed by atoms with Crippen LogP contribution in [0.4, 0.5) is 18.9 Å². The van der Waals surface area contributed by atoms with Crippen LogP contribution < -0.4 is 15.4 Å². The number of ether oxygens (including phenoxy) is 1. The highest BCUT2D eigenvalue weighted by molar-refractivity contribution is 6.03. The van der Waals surface area contributed by atoms with Gasteiger partial charge < -0.3 is 15.4 Å². The number of anilines is 1. The first kappa shape index (κ1) is 20.4. The molecule has 1 fully saturated rings. The van der Waals surface area contributed by atoms with Gasteiger partial charge in [0.25, 0.3) is 5.91 Å². The van der Waals surface area contributed by atoms with Crippen LogP contribution >= 0.6 is 0 Å². The number of carbonyl (C=O) groups excluding carboxylic acids is 2. The fraction of sp³-hybridized carbons (Fsp3) is 0.238. The van der Waals surface area contributed by atoms with Crippen LogP contribution in [0.2, 0.25) is 0 Å². The quantitative estimate of drug-likeness (QED) is 0.700. The Bertz CT molecular complexity index is 950. The van der Waals surface area contributed by atoms with Gasteiger partial charge in [-0.05, 0) is 49.6 Å². The lowest BCUT2D eigenvalue weighted by atomic mass is 10.1. The number of nitrogens with one attached hydrogen (secondary N) is 2. The topological polar surface area (TPSA) is 67.4 Å². The number of halogens is 3. The van der Waals surface area contributed by atoms with Gasteiger partial charge in [0, 0.05) is 28.9 Å². The van der Waals surface area contributed by atoms with Crippen molar-refractivity contribution in [1.82, 2.24) is 5.32 Å². The number of hydrogen-bond acceptors (Lipinski definition) is 3. The smallest absolute Gasteiger partial charge is 0.405 e. The van der Waals surface area contributed by atoms with E-state index in [1.807, 2.05) is 0 Å². The zero-order chi connectivity index (χ0) is 21.0. The van der Waals surface area contributed by atoms with Crippen molar-refractivity contribution in [3.05, 3.63) is 65.2 Å². The lowest BCUT2D eigenvalue weighted by Crippen LogP contribution is -2.25. The number of alkyl halides is 3. The van der Waals surface area contributed by atoms with Gasteiger partial charge in [0.15, 0.2) is 0 Å². The summed E-state index contributed by atoms with van der Waals surface area (Å²) in [6, 6.07) is 10.7. The molecule has 0 radical (unpaired) electrons. The lowest BCUT2D eigenvalue weighted by molar-refractivity contribution is -0.274. The third-order valence-corrected chi connectivity index (χ3v) is 4.23. The number of amides is 2. The molecule has 2 aromatic rings.